The summed E-state index contributed by atoms with van der Waals surface area (Å²) in [7, 11) is 0.711. The van der Waals surface area contributed by atoms with E-state index in [1.165, 1.54) is 36.7 Å². The van der Waals surface area contributed by atoms with Crippen LogP contribution in [0.1, 0.15) is 11.3 Å². The van der Waals surface area contributed by atoms with Crippen LogP contribution in [0.15, 0.2) is 51.8 Å². The van der Waals surface area contributed by atoms with Crippen LogP contribution in [0.2, 0.25) is 0 Å². The Bertz CT molecular complexity index is 1510. The van der Waals surface area contributed by atoms with Gasteiger partial charge in [-0.1, -0.05) is 12.1 Å². The molecule has 2 aromatic carbocycles. The zero-order chi connectivity index (χ0) is 24.7. The van der Waals surface area contributed by atoms with E-state index in [0.717, 1.165) is 5.69 Å². The minimum atomic E-state index is -3.94. The SMILES string of the molecule is COc1ccc(OC)c(S(=O)(=O)N2CCc3c(c(-c4nnc(-c5ccccc5F)o4)nn3C)C2)c1. The van der Waals surface area contributed by atoms with Crippen molar-refractivity contribution in [1.82, 2.24) is 24.3 Å². The molecule has 0 N–H and O–H groups in total. The van der Waals surface area contributed by atoms with Crippen molar-refractivity contribution in [2.75, 3.05) is 20.8 Å². The Hall–Kier alpha value is -3.77. The largest absolute Gasteiger partial charge is 0.497 e. The van der Waals surface area contributed by atoms with Gasteiger partial charge in [0.15, 0.2) is 5.69 Å². The van der Waals surface area contributed by atoms with E-state index in [2.05, 4.69) is 15.3 Å². The van der Waals surface area contributed by atoms with Crippen molar-refractivity contribution in [3.63, 3.8) is 0 Å². The van der Waals surface area contributed by atoms with Crippen molar-refractivity contribution in [2.24, 2.45) is 7.05 Å². The van der Waals surface area contributed by atoms with Crippen LogP contribution < -0.4 is 9.47 Å². The average Bonchev–Trinajstić information content (AvgIpc) is 3.48. The molecule has 0 saturated heterocycles. The van der Waals surface area contributed by atoms with Crippen molar-refractivity contribution in [2.45, 2.75) is 17.9 Å². The first-order valence-corrected chi connectivity index (χ1v) is 12.1. The Morgan fingerprint density at radius 1 is 1.06 bits per heavy atom. The first kappa shape index (κ1) is 23.0. The third-order valence-corrected chi connectivity index (χ3v) is 7.79. The molecule has 10 nitrogen and oxygen atoms in total. The standard InChI is InChI=1S/C23H22FN5O5S/c1-28-18-10-11-29(35(30,31)20-12-14(32-2)8-9-19(20)33-3)13-16(18)21(27-28)23-26-25-22(34-23)15-6-4-5-7-17(15)24/h4-9,12H,10-11,13H2,1-3H3. The van der Waals surface area contributed by atoms with Crippen LogP contribution in [0.3, 0.4) is 0 Å². The van der Waals surface area contributed by atoms with E-state index in [9.17, 15) is 12.8 Å². The lowest BCUT2D eigenvalue weighted by molar-refractivity contribution is 0.371. The fraction of sp³-hybridized carbons (Fsp3) is 0.261. The van der Waals surface area contributed by atoms with Gasteiger partial charge in [0.2, 0.25) is 10.0 Å². The number of halogens is 1. The van der Waals surface area contributed by atoms with Crippen LogP contribution in [-0.2, 0) is 30.0 Å². The molecule has 0 unspecified atom stereocenters. The molecule has 0 aliphatic carbocycles. The second-order valence-electron chi connectivity index (χ2n) is 7.90. The number of benzene rings is 2. The lowest BCUT2D eigenvalue weighted by Crippen LogP contribution is -2.36. The van der Waals surface area contributed by atoms with Crippen molar-refractivity contribution in [3.05, 3.63) is 59.5 Å². The minimum Gasteiger partial charge on any atom is -0.497 e. The number of hydrogen-bond donors (Lipinski definition) is 0. The second-order valence-corrected chi connectivity index (χ2v) is 9.80. The second kappa shape index (κ2) is 8.78. The molecule has 0 saturated carbocycles. The summed E-state index contributed by atoms with van der Waals surface area (Å²) in [5.74, 6) is 0.220. The summed E-state index contributed by atoms with van der Waals surface area (Å²) < 4.78 is 60.7. The quantitative estimate of drug-likeness (QED) is 0.398. The molecule has 35 heavy (non-hydrogen) atoms. The Labute approximate surface area is 201 Å². The van der Waals surface area contributed by atoms with Gasteiger partial charge in [-0.25, -0.2) is 12.8 Å². The molecule has 0 amide bonds. The van der Waals surface area contributed by atoms with Gasteiger partial charge in [0.25, 0.3) is 11.8 Å². The summed E-state index contributed by atoms with van der Waals surface area (Å²) in [4.78, 5) is 0.00729. The monoisotopic (exact) mass is 499 g/mol. The molecule has 4 aromatic rings. The number of aryl methyl sites for hydroxylation is 1. The lowest BCUT2D eigenvalue weighted by atomic mass is 10.1. The van der Waals surface area contributed by atoms with Crippen molar-refractivity contribution >= 4 is 10.0 Å². The number of sulfonamides is 1. The van der Waals surface area contributed by atoms with E-state index in [-0.39, 0.29) is 41.1 Å². The highest BCUT2D eigenvalue weighted by atomic mass is 32.2. The van der Waals surface area contributed by atoms with Crippen molar-refractivity contribution < 1.29 is 26.7 Å². The maximum Gasteiger partial charge on any atom is 0.268 e. The number of fused-ring (bicyclic) bond motifs is 1. The number of ether oxygens (including phenoxy) is 2. The lowest BCUT2D eigenvalue weighted by Gasteiger charge is -2.27. The Kier molecular flexibility index (Phi) is 5.77. The van der Waals surface area contributed by atoms with Gasteiger partial charge in [0, 0.05) is 43.9 Å². The van der Waals surface area contributed by atoms with Gasteiger partial charge in [-0.05, 0) is 24.3 Å². The van der Waals surface area contributed by atoms with Gasteiger partial charge in [0.05, 0.1) is 19.8 Å². The molecule has 1 aliphatic heterocycles. The highest BCUT2D eigenvalue weighted by Gasteiger charge is 2.35. The summed E-state index contributed by atoms with van der Waals surface area (Å²) in [6.07, 6.45) is 0.429. The molecular weight excluding hydrogens is 477 g/mol. The van der Waals surface area contributed by atoms with Crippen LogP contribution in [0, 0.1) is 5.82 Å². The van der Waals surface area contributed by atoms with Crippen molar-refractivity contribution in [3.8, 4) is 34.5 Å². The van der Waals surface area contributed by atoms with Gasteiger partial charge in [0.1, 0.15) is 22.2 Å². The summed E-state index contributed by atoms with van der Waals surface area (Å²) in [5.41, 5.74) is 2.03. The molecule has 3 heterocycles. The molecule has 12 heteroatoms. The third kappa shape index (κ3) is 3.94. The molecule has 1 aliphatic rings. The van der Waals surface area contributed by atoms with E-state index >= 15 is 0 Å². The Morgan fingerprint density at radius 2 is 1.83 bits per heavy atom. The van der Waals surface area contributed by atoms with Gasteiger partial charge in [-0.2, -0.15) is 9.40 Å². The fourth-order valence-corrected chi connectivity index (χ4v) is 5.71. The maximum absolute atomic E-state index is 14.2. The predicted molar refractivity (Wildman–Crippen MR) is 123 cm³/mol. The molecule has 0 fully saturated rings. The van der Waals surface area contributed by atoms with Crippen LogP contribution in [-0.4, -0.2) is 53.5 Å². The van der Waals surface area contributed by atoms with E-state index in [4.69, 9.17) is 13.9 Å². The predicted octanol–water partition coefficient (Wildman–Crippen LogP) is 3.04. The van der Waals surface area contributed by atoms with E-state index in [0.29, 0.717) is 23.4 Å². The zero-order valence-corrected chi connectivity index (χ0v) is 20.0. The Morgan fingerprint density at radius 3 is 2.57 bits per heavy atom. The number of nitrogens with zero attached hydrogens (tertiary/aromatic N) is 5. The van der Waals surface area contributed by atoms with E-state index in [1.54, 1.807) is 36.0 Å². The van der Waals surface area contributed by atoms with Crippen molar-refractivity contribution in [1.29, 1.82) is 0 Å². The zero-order valence-electron chi connectivity index (χ0n) is 19.2. The third-order valence-electron chi connectivity index (χ3n) is 5.93. The molecule has 5 rings (SSSR count). The van der Waals surface area contributed by atoms with Gasteiger partial charge in [-0.15, -0.1) is 10.2 Å². The fourth-order valence-electron chi connectivity index (χ4n) is 4.13. The van der Waals surface area contributed by atoms with Gasteiger partial charge in [-0.3, -0.25) is 4.68 Å². The molecule has 2 aromatic heterocycles. The highest BCUT2D eigenvalue weighted by molar-refractivity contribution is 7.89. The normalized spacial score (nSPS) is 14.1. The summed E-state index contributed by atoms with van der Waals surface area (Å²) >= 11 is 0. The molecule has 0 spiro atoms. The minimum absolute atomic E-state index is 0.00729. The van der Waals surface area contributed by atoms with Crippen LogP contribution in [0.4, 0.5) is 4.39 Å². The molecule has 182 valence electrons. The number of rotatable bonds is 6. The van der Waals surface area contributed by atoms with Gasteiger partial charge >= 0.3 is 0 Å². The topological polar surface area (TPSA) is 113 Å². The summed E-state index contributed by atoms with van der Waals surface area (Å²) in [6, 6.07) is 10.7. The number of methoxy groups -OCH3 is 2. The van der Waals surface area contributed by atoms with E-state index in [1.807, 2.05) is 0 Å². The Balaban J connectivity index is 1.52. The molecular formula is C23H22FN5O5S. The number of aromatic nitrogens is 4. The molecule has 0 atom stereocenters. The van der Waals surface area contributed by atoms with Crippen LogP contribution >= 0.6 is 0 Å². The average molecular weight is 500 g/mol. The summed E-state index contributed by atoms with van der Waals surface area (Å²) in [5, 5.41) is 12.5. The first-order chi connectivity index (χ1) is 16.8. The number of hydrogen-bond acceptors (Lipinski definition) is 8. The summed E-state index contributed by atoms with van der Waals surface area (Å²) in [6.45, 7) is 0.289. The van der Waals surface area contributed by atoms with Crippen LogP contribution in [0.5, 0.6) is 11.5 Å². The molecule has 0 radical (unpaired) electrons. The van der Waals surface area contributed by atoms with Gasteiger partial charge < -0.3 is 13.9 Å². The first-order valence-electron chi connectivity index (χ1n) is 10.7. The van der Waals surface area contributed by atoms with E-state index < -0.39 is 15.8 Å². The smallest absolute Gasteiger partial charge is 0.268 e. The molecule has 0 bridgehead atoms. The maximum atomic E-state index is 14.2. The highest BCUT2D eigenvalue weighted by Crippen LogP contribution is 2.36. The van der Waals surface area contributed by atoms with Crippen LogP contribution in [0.25, 0.3) is 23.0 Å².